The molecule has 0 spiro atoms. The molecule has 1 amide bonds. The lowest BCUT2D eigenvalue weighted by Crippen LogP contribution is -2.29. The number of benzene rings is 1. The third-order valence-electron chi connectivity index (χ3n) is 2.54. The maximum absolute atomic E-state index is 11.3. The van der Waals surface area contributed by atoms with Gasteiger partial charge in [-0.1, -0.05) is 18.2 Å². The largest absolute Gasteiger partial charge is 0.483 e. The van der Waals surface area contributed by atoms with Gasteiger partial charge in [-0.25, -0.2) is 0 Å². The van der Waals surface area contributed by atoms with Crippen molar-refractivity contribution >= 4 is 5.91 Å². The SMILES string of the molecule is CNC(C)c1ccccc1OCC(=O)NCC#N. The molecule has 18 heavy (non-hydrogen) atoms. The van der Waals surface area contributed by atoms with Crippen LogP contribution < -0.4 is 15.4 Å². The first kappa shape index (κ1) is 14.0. The third kappa shape index (κ3) is 4.07. The van der Waals surface area contributed by atoms with Gasteiger partial charge < -0.3 is 15.4 Å². The van der Waals surface area contributed by atoms with E-state index in [-0.39, 0.29) is 25.1 Å². The normalized spacial score (nSPS) is 11.4. The van der Waals surface area contributed by atoms with Crippen molar-refractivity contribution in [1.29, 1.82) is 5.26 Å². The van der Waals surface area contributed by atoms with Gasteiger partial charge in [-0.2, -0.15) is 5.26 Å². The number of nitrogens with one attached hydrogen (secondary N) is 2. The van der Waals surface area contributed by atoms with Crippen LogP contribution in [0.2, 0.25) is 0 Å². The number of hydrogen-bond donors (Lipinski definition) is 2. The first-order chi connectivity index (χ1) is 8.69. The smallest absolute Gasteiger partial charge is 0.258 e. The summed E-state index contributed by atoms with van der Waals surface area (Å²) in [7, 11) is 1.86. The molecule has 1 atom stereocenters. The fraction of sp³-hybridized carbons (Fsp3) is 0.385. The van der Waals surface area contributed by atoms with Gasteiger partial charge >= 0.3 is 0 Å². The fourth-order valence-electron chi connectivity index (χ4n) is 1.46. The zero-order chi connectivity index (χ0) is 13.4. The van der Waals surface area contributed by atoms with E-state index >= 15 is 0 Å². The molecule has 0 saturated carbocycles. The van der Waals surface area contributed by atoms with Crippen molar-refractivity contribution in [2.24, 2.45) is 0 Å². The Kier molecular flexibility index (Phi) is 5.68. The van der Waals surface area contributed by atoms with Crippen LogP contribution in [0.3, 0.4) is 0 Å². The monoisotopic (exact) mass is 247 g/mol. The number of carbonyl (C=O) groups is 1. The molecule has 96 valence electrons. The molecule has 0 aromatic heterocycles. The van der Waals surface area contributed by atoms with E-state index in [2.05, 4.69) is 10.6 Å². The van der Waals surface area contributed by atoms with Crippen molar-refractivity contribution in [2.45, 2.75) is 13.0 Å². The van der Waals surface area contributed by atoms with Gasteiger partial charge in [0.1, 0.15) is 12.3 Å². The van der Waals surface area contributed by atoms with Gasteiger partial charge in [0.25, 0.3) is 5.91 Å². The molecule has 0 aliphatic carbocycles. The number of amides is 1. The van der Waals surface area contributed by atoms with E-state index < -0.39 is 0 Å². The van der Waals surface area contributed by atoms with Crippen molar-refractivity contribution in [1.82, 2.24) is 10.6 Å². The second-order valence-electron chi connectivity index (χ2n) is 3.77. The number of rotatable bonds is 6. The zero-order valence-electron chi connectivity index (χ0n) is 10.6. The lowest BCUT2D eigenvalue weighted by atomic mass is 10.1. The fourth-order valence-corrected chi connectivity index (χ4v) is 1.46. The molecule has 1 aromatic carbocycles. The maximum atomic E-state index is 11.3. The highest BCUT2D eigenvalue weighted by atomic mass is 16.5. The van der Waals surface area contributed by atoms with Crippen molar-refractivity contribution < 1.29 is 9.53 Å². The van der Waals surface area contributed by atoms with Crippen LogP contribution in [0.15, 0.2) is 24.3 Å². The molecule has 5 nitrogen and oxygen atoms in total. The lowest BCUT2D eigenvalue weighted by molar-refractivity contribution is -0.122. The van der Waals surface area contributed by atoms with Gasteiger partial charge in [0.15, 0.2) is 6.61 Å². The van der Waals surface area contributed by atoms with Gasteiger partial charge in [0.2, 0.25) is 0 Å². The molecule has 1 aromatic rings. The Morgan fingerprint density at radius 2 is 2.22 bits per heavy atom. The Bertz CT molecular complexity index is 440. The molecular weight excluding hydrogens is 230 g/mol. The minimum Gasteiger partial charge on any atom is -0.483 e. The van der Waals surface area contributed by atoms with E-state index in [4.69, 9.17) is 10.00 Å². The number of nitrogens with zero attached hydrogens (tertiary/aromatic N) is 1. The van der Waals surface area contributed by atoms with Gasteiger partial charge in [0, 0.05) is 11.6 Å². The molecule has 1 rings (SSSR count). The highest BCUT2D eigenvalue weighted by Gasteiger charge is 2.10. The summed E-state index contributed by atoms with van der Waals surface area (Å²) < 4.78 is 5.46. The predicted molar refractivity (Wildman–Crippen MR) is 68.0 cm³/mol. The number of ether oxygens (including phenoxy) is 1. The van der Waals surface area contributed by atoms with Crippen LogP contribution in [0.5, 0.6) is 5.75 Å². The topological polar surface area (TPSA) is 74.2 Å². The average molecular weight is 247 g/mol. The van der Waals surface area contributed by atoms with E-state index in [0.29, 0.717) is 5.75 Å². The highest BCUT2D eigenvalue weighted by Crippen LogP contribution is 2.24. The summed E-state index contributed by atoms with van der Waals surface area (Å²) in [6.07, 6.45) is 0. The summed E-state index contributed by atoms with van der Waals surface area (Å²) in [5.41, 5.74) is 0.994. The Labute approximate surface area is 107 Å². The summed E-state index contributed by atoms with van der Waals surface area (Å²) in [5, 5.41) is 13.9. The second kappa shape index (κ2) is 7.30. The highest BCUT2D eigenvalue weighted by molar-refractivity contribution is 5.77. The van der Waals surface area contributed by atoms with Crippen molar-refractivity contribution in [3.05, 3.63) is 29.8 Å². The first-order valence-electron chi connectivity index (χ1n) is 5.71. The number of nitriles is 1. The molecule has 0 saturated heterocycles. The van der Waals surface area contributed by atoms with Crippen molar-refractivity contribution in [2.75, 3.05) is 20.2 Å². The Morgan fingerprint density at radius 3 is 2.89 bits per heavy atom. The summed E-state index contributed by atoms with van der Waals surface area (Å²) in [6.45, 7) is 1.92. The van der Waals surface area contributed by atoms with Crippen LogP contribution in [0.4, 0.5) is 0 Å². The van der Waals surface area contributed by atoms with E-state index in [1.807, 2.05) is 44.3 Å². The second-order valence-corrected chi connectivity index (χ2v) is 3.77. The molecular formula is C13H17N3O2. The van der Waals surface area contributed by atoms with Crippen LogP contribution in [-0.4, -0.2) is 26.1 Å². The minimum absolute atomic E-state index is 0.00322. The summed E-state index contributed by atoms with van der Waals surface area (Å²) in [5.74, 6) is 0.370. The minimum atomic E-state index is -0.302. The van der Waals surface area contributed by atoms with E-state index in [0.717, 1.165) is 5.56 Å². The van der Waals surface area contributed by atoms with Gasteiger partial charge in [-0.3, -0.25) is 4.79 Å². The van der Waals surface area contributed by atoms with Crippen LogP contribution in [-0.2, 0) is 4.79 Å². The molecule has 0 aliphatic heterocycles. The zero-order valence-corrected chi connectivity index (χ0v) is 10.6. The average Bonchev–Trinajstić information content (AvgIpc) is 2.42. The van der Waals surface area contributed by atoms with E-state index in [1.165, 1.54) is 0 Å². The standard InChI is InChI=1S/C13H17N3O2/c1-10(15-2)11-5-3-4-6-12(11)18-9-13(17)16-8-7-14/h3-6,10,15H,8-9H2,1-2H3,(H,16,17). The number of carbonyl (C=O) groups excluding carboxylic acids is 1. The molecule has 0 heterocycles. The first-order valence-corrected chi connectivity index (χ1v) is 5.71. The number of hydrogen-bond acceptors (Lipinski definition) is 4. The summed E-state index contributed by atoms with van der Waals surface area (Å²) in [4.78, 5) is 11.3. The van der Waals surface area contributed by atoms with Crippen molar-refractivity contribution in [3.8, 4) is 11.8 Å². The van der Waals surface area contributed by atoms with E-state index in [9.17, 15) is 4.79 Å². The molecule has 0 fully saturated rings. The predicted octanol–water partition coefficient (Wildman–Crippen LogP) is 0.986. The molecule has 5 heteroatoms. The van der Waals surface area contributed by atoms with Gasteiger partial charge in [0.05, 0.1) is 6.07 Å². The van der Waals surface area contributed by atoms with Crippen LogP contribution >= 0.6 is 0 Å². The number of para-hydroxylation sites is 1. The van der Waals surface area contributed by atoms with Crippen LogP contribution in [0.25, 0.3) is 0 Å². The summed E-state index contributed by atoms with van der Waals surface area (Å²) >= 11 is 0. The van der Waals surface area contributed by atoms with Gasteiger partial charge in [-0.15, -0.1) is 0 Å². The Hall–Kier alpha value is -2.06. The molecule has 0 aliphatic rings. The summed E-state index contributed by atoms with van der Waals surface area (Å²) in [6, 6.07) is 9.53. The maximum Gasteiger partial charge on any atom is 0.258 e. The third-order valence-corrected chi connectivity index (χ3v) is 2.54. The lowest BCUT2D eigenvalue weighted by Gasteiger charge is -2.16. The van der Waals surface area contributed by atoms with E-state index in [1.54, 1.807) is 0 Å². The Balaban J connectivity index is 2.62. The molecule has 0 radical (unpaired) electrons. The quantitative estimate of drug-likeness (QED) is 0.735. The van der Waals surface area contributed by atoms with Crippen molar-refractivity contribution in [3.63, 3.8) is 0 Å². The molecule has 0 bridgehead atoms. The van der Waals surface area contributed by atoms with Gasteiger partial charge in [-0.05, 0) is 20.0 Å². The molecule has 2 N–H and O–H groups in total. The van der Waals surface area contributed by atoms with Crippen LogP contribution in [0.1, 0.15) is 18.5 Å². The molecule has 1 unspecified atom stereocenters. The van der Waals surface area contributed by atoms with Crippen LogP contribution in [0, 0.1) is 11.3 Å². The Morgan fingerprint density at radius 1 is 1.50 bits per heavy atom.